The predicted octanol–water partition coefficient (Wildman–Crippen LogP) is 3.94. The average molecular weight is 239 g/mol. The largest absolute Gasteiger partial charge is 0.165 e. The van der Waals surface area contributed by atoms with Crippen molar-refractivity contribution in [3.63, 3.8) is 0 Å². The molecule has 0 aliphatic rings. The number of hydrogen-bond acceptors (Lipinski definition) is 1. The number of thioether (sulfide) groups is 1. The lowest BCUT2D eigenvalue weighted by Gasteiger charge is -2.25. The summed E-state index contributed by atoms with van der Waals surface area (Å²) in [6.45, 7) is 6.85. The standard InChI is InChI=1S/C9H19BrS/c1-9(2,3)8(10)6-5-7-11-4/h8H,5-7H2,1-4H3. The minimum Gasteiger partial charge on any atom is -0.165 e. The summed E-state index contributed by atoms with van der Waals surface area (Å²) in [7, 11) is 0. The maximum absolute atomic E-state index is 3.72. The molecule has 0 aromatic heterocycles. The van der Waals surface area contributed by atoms with Crippen molar-refractivity contribution >= 4 is 27.7 Å². The lowest BCUT2D eigenvalue weighted by molar-refractivity contribution is 0.384. The van der Waals surface area contributed by atoms with Crippen molar-refractivity contribution in [2.75, 3.05) is 12.0 Å². The van der Waals surface area contributed by atoms with E-state index < -0.39 is 0 Å². The Labute approximate surface area is 83.6 Å². The zero-order chi connectivity index (χ0) is 8.91. The molecule has 0 aromatic rings. The van der Waals surface area contributed by atoms with Crippen LogP contribution in [0.5, 0.6) is 0 Å². The molecule has 0 aliphatic carbocycles. The number of hydrogen-bond donors (Lipinski definition) is 0. The van der Waals surface area contributed by atoms with Crippen molar-refractivity contribution in [3.8, 4) is 0 Å². The summed E-state index contributed by atoms with van der Waals surface area (Å²) in [4.78, 5) is 0.669. The fourth-order valence-corrected chi connectivity index (χ4v) is 1.62. The first-order valence-electron chi connectivity index (χ1n) is 4.11. The van der Waals surface area contributed by atoms with Gasteiger partial charge in [-0.15, -0.1) is 0 Å². The van der Waals surface area contributed by atoms with Crippen LogP contribution in [0.25, 0.3) is 0 Å². The Morgan fingerprint density at radius 3 is 2.27 bits per heavy atom. The van der Waals surface area contributed by atoms with Gasteiger partial charge in [0.2, 0.25) is 0 Å². The molecular formula is C9H19BrS. The molecule has 0 nitrogen and oxygen atoms in total. The topological polar surface area (TPSA) is 0 Å². The van der Waals surface area contributed by atoms with Crippen molar-refractivity contribution in [2.24, 2.45) is 5.41 Å². The van der Waals surface area contributed by atoms with Gasteiger partial charge in [0.1, 0.15) is 0 Å². The summed E-state index contributed by atoms with van der Waals surface area (Å²) < 4.78 is 0. The highest BCUT2D eigenvalue weighted by atomic mass is 79.9. The Morgan fingerprint density at radius 2 is 1.91 bits per heavy atom. The fraction of sp³-hybridized carbons (Fsp3) is 1.00. The molecule has 0 aromatic carbocycles. The van der Waals surface area contributed by atoms with E-state index in [0.717, 1.165) is 0 Å². The molecule has 0 bridgehead atoms. The number of halogens is 1. The van der Waals surface area contributed by atoms with Crippen molar-refractivity contribution < 1.29 is 0 Å². The van der Waals surface area contributed by atoms with Crippen molar-refractivity contribution in [1.82, 2.24) is 0 Å². The molecule has 0 saturated heterocycles. The van der Waals surface area contributed by atoms with Gasteiger partial charge in [-0.2, -0.15) is 11.8 Å². The fourth-order valence-electron chi connectivity index (χ4n) is 0.840. The maximum atomic E-state index is 3.72. The zero-order valence-corrected chi connectivity index (χ0v) is 10.4. The molecule has 11 heavy (non-hydrogen) atoms. The second-order valence-corrected chi connectivity index (χ2v) is 6.06. The first kappa shape index (κ1) is 11.8. The van der Waals surface area contributed by atoms with Crippen LogP contribution in [0, 0.1) is 5.41 Å². The van der Waals surface area contributed by atoms with Gasteiger partial charge in [0.05, 0.1) is 0 Å². The molecule has 0 amide bonds. The first-order valence-corrected chi connectivity index (χ1v) is 6.42. The molecule has 68 valence electrons. The van der Waals surface area contributed by atoms with Crippen LogP contribution in [0.15, 0.2) is 0 Å². The van der Waals surface area contributed by atoms with Crippen molar-refractivity contribution in [2.45, 2.75) is 38.4 Å². The normalized spacial score (nSPS) is 15.0. The Balaban J connectivity index is 3.44. The van der Waals surface area contributed by atoms with Crippen molar-refractivity contribution in [1.29, 1.82) is 0 Å². The molecule has 0 aliphatic heterocycles. The van der Waals surface area contributed by atoms with E-state index in [1.165, 1.54) is 18.6 Å². The van der Waals surface area contributed by atoms with Gasteiger partial charge in [-0.05, 0) is 30.3 Å². The molecule has 0 radical (unpaired) electrons. The van der Waals surface area contributed by atoms with Gasteiger partial charge in [0.25, 0.3) is 0 Å². The molecule has 2 heteroatoms. The smallest absolute Gasteiger partial charge is 0.0194 e. The van der Waals surface area contributed by atoms with E-state index in [1.54, 1.807) is 0 Å². The maximum Gasteiger partial charge on any atom is 0.0194 e. The van der Waals surface area contributed by atoms with Gasteiger partial charge in [0.15, 0.2) is 0 Å². The summed E-state index contributed by atoms with van der Waals surface area (Å²) in [6.07, 6.45) is 4.79. The average Bonchev–Trinajstić information content (AvgIpc) is 1.86. The van der Waals surface area contributed by atoms with Crippen LogP contribution in [-0.2, 0) is 0 Å². The molecule has 0 fully saturated rings. The van der Waals surface area contributed by atoms with E-state index in [-0.39, 0.29) is 0 Å². The Kier molecular flexibility index (Phi) is 5.88. The van der Waals surface area contributed by atoms with Gasteiger partial charge in [-0.3, -0.25) is 0 Å². The summed E-state index contributed by atoms with van der Waals surface area (Å²) in [5.41, 5.74) is 0.415. The van der Waals surface area contributed by atoms with Crippen LogP contribution in [0.3, 0.4) is 0 Å². The highest BCUT2D eigenvalue weighted by Crippen LogP contribution is 2.29. The third kappa shape index (κ3) is 6.03. The van der Waals surface area contributed by atoms with E-state index >= 15 is 0 Å². The Hall–Kier alpha value is 0.830. The predicted molar refractivity (Wildman–Crippen MR) is 59.8 cm³/mol. The van der Waals surface area contributed by atoms with E-state index in [4.69, 9.17) is 0 Å². The summed E-state index contributed by atoms with van der Waals surface area (Å²) in [5.74, 6) is 1.29. The Bertz CT molecular complexity index is 96.2. The molecule has 1 atom stereocenters. The third-order valence-corrected chi connectivity index (χ3v) is 4.27. The molecule has 0 N–H and O–H groups in total. The van der Waals surface area contributed by atoms with Gasteiger partial charge >= 0.3 is 0 Å². The highest BCUT2D eigenvalue weighted by molar-refractivity contribution is 9.09. The molecule has 0 heterocycles. The summed E-state index contributed by atoms with van der Waals surface area (Å²) >= 11 is 5.65. The quantitative estimate of drug-likeness (QED) is 0.529. The summed E-state index contributed by atoms with van der Waals surface area (Å²) in [6, 6.07) is 0. The second kappa shape index (κ2) is 5.47. The van der Waals surface area contributed by atoms with Crippen LogP contribution < -0.4 is 0 Å². The van der Waals surface area contributed by atoms with Gasteiger partial charge in [0, 0.05) is 4.83 Å². The van der Waals surface area contributed by atoms with E-state index in [0.29, 0.717) is 10.2 Å². The zero-order valence-electron chi connectivity index (χ0n) is 7.98. The van der Waals surface area contributed by atoms with Gasteiger partial charge in [-0.25, -0.2) is 0 Å². The number of alkyl halides is 1. The van der Waals surface area contributed by atoms with Crippen LogP contribution in [0.2, 0.25) is 0 Å². The van der Waals surface area contributed by atoms with Crippen molar-refractivity contribution in [3.05, 3.63) is 0 Å². The molecule has 1 unspecified atom stereocenters. The van der Waals surface area contributed by atoms with Gasteiger partial charge < -0.3 is 0 Å². The second-order valence-electron chi connectivity index (χ2n) is 3.97. The minimum absolute atomic E-state index is 0.415. The van der Waals surface area contributed by atoms with E-state index in [9.17, 15) is 0 Å². The first-order chi connectivity index (χ1) is 4.98. The monoisotopic (exact) mass is 238 g/mol. The van der Waals surface area contributed by atoms with Gasteiger partial charge in [-0.1, -0.05) is 36.7 Å². The van der Waals surface area contributed by atoms with Crippen LogP contribution in [0.4, 0.5) is 0 Å². The van der Waals surface area contributed by atoms with E-state index in [1.807, 2.05) is 11.8 Å². The lowest BCUT2D eigenvalue weighted by Crippen LogP contribution is -2.20. The third-order valence-electron chi connectivity index (χ3n) is 1.75. The van der Waals surface area contributed by atoms with Crippen LogP contribution in [-0.4, -0.2) is 16.8 Å². The molecular weight excluding hydrogens is 220 g/mol. The van der Waals surface area contributed by atoms with Crippen LogP contribution >= 0.6 is 27.7 Å². The Morgan fingerprint density at radius 1 is 1.36 bits per heavy atom. The molecule has 0 rings (SSSR count). The minimum atomic E-state index is 0.415. The van der Waals surface area contributed by atoms with E-state index in [2.05, 4.69) is 43.0 Å². The highest BCUT2D eigenvalue weighted by Gasteiger charge is 2.20. The number of rotatable bonds is 4. The lowest BCUT2D eigenvalue weighted by atomic mass is 9.90. The molecule has 0 saturated carbocycles. The summed E-state index contributed by atoms with van der Waals surface area (Å²) in [5, 5.41) is 0. The van der Waals surface area contributed by atoms with Crippen LogP contribution in [0.1, 0.15) is 33.6 Å². The molecule has 0 spiro atoms. The SMILES string of the molecule is CSCCCC(Br)C(C)(C)C.